The Kier molecular flexibility index (Phi) is 2.62. The van der Waals surface area contributed by atoms with Crippen LogP contribution in [-0.4, -0.2) is 11.3 Å². The Morgan fingerprint density at radius 1 is 1.50 bits per heavy atom. The fourth-order valence-corrected chi connectivity index (χ4v) is 1.05. The zero-order valence-electron chi connectivity index (χ0n) is 7.04. The van der Waals surface area contributed by atoms with Crippen molar-refractivity contribution in [1.29, 1.82) is 0 Å². The third-order valence-electron chi connectivity index (χ3n) is 1.68. The minimum Gasteiger partial charge on any atom is -0.302 e. The van der Waals surface area contributed by atoms with Crippen LogP contribution < -0.4 is 0 Å². The normalized spacial score (nSPS) is 11.2. The van der Waals surface area contributed by atoms with Crippen LogP contribution in [0.2, 0.25) is 0 Å². The topological polar surface area (TPSA) is 30.0 Å². The Hall–Kier alpha value is -0.700. The first-order valence-electron chi connectivity index (χ1n) is 3.64. The van der Waals surface area contributed by atoms with Gasteiger partial charge in [-0.3, -0.25) is 4.98 Å². The Balaban J connectivity index is 3.04. The van der Waals surface area contributed by atoms with E-state index in [1.165, 1.54) is 0 Å². The molecule has 0 saturated carbocycles. The number of aldehydes is 1. The largest absolute Gasteiger partial charge is 0.302 e. The summed E-state index contributed by atoms with van der Waals surface area (Å²) in [5.41, 5.74) is 0.307. The maximum Gasteiger partial charge on any atom is 0.131 e. The Morgan fingerprint density at radius 2 is 2.17 bits per heavy atom. The molecule has 0 aliphatic heterocycles. The van der Waals surface area contributed by atoms with E-state index in [4.69, 9.17) is 0 Å². The Morgan fingerprint density at radius 3 is 2.58 bits per heavy atom. The zero-order chi connectivity index (χ0) is 9.19. The van der Waals surface area contributed by atoms with E-state index >= 15 is 0 Å². The van der Waals surface area contributed by atoms with Gasteiger partial charge in [-0.1, -0.05) is 0 Å². The molecule has 0 atom stereocenters. The molecule has 0 spiro atoms. The van der Waals surface area contributed by atoms with E-state index in [0.29, 0.717) is 0 Å². The van der Waals surface area contributed by atoms with Gasteiger partial charge in [-0.2, -0.15) is 0 Å². The fraction of sp³-hybridized carbons (Fsp3) is 0.333. The summed E-state index contributed by atoms with van der Waals surface area (Å²) >= 11 is 3.28. The molecule has 0 aromatic carbocycles. The van der Waals surface area contributed by atoms with E-state index in [9.17, 15) is 4.79 Å². The van der Waals surface area contributed by atoms with Gasteiger partial charge in [0.1, 0.15) is 6.29 Å². The van der Waals surface area contributed by atoms with Gasteiger partial charge in [-0.15, -0.1) is 0 Å². The van der Waals surface area contributed by atoms with E-state index < -0.39 is 5.41 Å². The van der Waals surface area contributed by atoms with Crippen LogP contribution in [0.25, 0.3) is 0 Å². The van der Waals surface area contributed by atoms with Crippen molar-refractivity contribution in [2.75, 3.05) is 0 Å². The molecule has 0 radical (unpaired) electrons. The van der Waals surface area contributed by atoms with Crippen molar-refractivity contribution in [3.8, 4) is 0 Å². The van der Waals surface area contributed by atoms with E-state index in [2.05, 4.69) is 20.9 Å². The quantitative estimate of drug-likeness (QED) is 0.727. The van der Waals surface area contributed by atoms with Crippen molar-refractivity contribution in [2.24, 2.45) is 0 Å². The highest BCUT2D eigenvalue weighted by atomic mass is 79.9. The molecule has 0 saturated heterocycles. The van der Waals surface area contributed by atoms with Crippen LogP contribution >= 0.6 is 15.9 Å². The number of halogens is 1. The van der Waals surface area contributed by atoms with Crippen molar-refractivity contribution in [3.05, 3.63) is 28.5 Å². The van der Waals surface area contributed by atoms with Gasteiger partial charge in [0.2, 0.25) is 0 Å². The number of nitrogens with zero attached hydrogens (tertiary/aromatic N) is 1. The molecule has 1 aromatic heterocycles. The Bertz CT molecular complexity index is 279. The molecule has 0 fully saturated rings. The highest BCUT2D eigenvalue weighted by Gasteiger charge is 2.20. The molecule has 0 unspecified atom stereocenters. The number of hydrogen-bond donors (Lipinski definition) is 0. The highest BCUT2D eigenvalue weighted by molar-refractivity contribution is 9.10. The summed E-state index contributed by atoms with van der Waals surface area (Å²) in [5.74, 6) is 0. The maximum absolute atomic E-state index is 10.7. The van der Waals surface area contributed by atoms with Gasteiger partial charge in [-0.05, 0) is 41.9 Å². The summed E-state index contributed by atoms with van der Waals surface area (Å²) in [7, 11) is 0. The van der Waals surface area contributed by atoms with E-state index in [0.717, 1.165) is 16.5 Å². The second-order valence-electron chi connectivity index (χ2n) is 3.20. The van der Waals surface area contributed by atoms with Crippen molar-refractivity contribution < 1.29 is 4.79 Å². The van der Waals surface area contributed by atoms with Gasteiger partial charge in [-0.25, -0.2) is 0 Å². The molecule has 1 heterocycles. The molecule has 1 rings (SSSR count). The average Bonchev–Trinajstić information content (AvgIpc) is 2.05. The lowest BCUT2D eigenvalue weighted by Gasteiger charge is -2.15. The molecule has 3 heteroatoms. The molecular formula is C9H10BrNO. The molecule has 1 aromatic rings. The summed E-state index contributed by atoms with van der Waals surface area (Å²) in [6.07, 6.45) is 2.60. The number of carbonyl (C=O) groups is 1. The molecule has 64 valence electrons. The lowest BCUT2D eigenvalue weighted by Crippen LogP contribution is -2.20. The van der Waals surface area contributed by atoms with Gasteiger partial charge < -0.3 is 4.79 Å². The first kappa shape index (κ1) is 9.39. The summed E-state index contributed by atoms with van der Waals surface area (Å²) < 4.78 is 0.924. The molecule has 12 heavy (non-hydrogen) atoms. The number of carbonyl (C=O) groups excluding carboxylic acids is 1. The summed E-state index contributed by atoms with van der Waals surface area (Å²) in [6, 6.07) is 3.73. The van der Waals surface area contributed by atoms with Crippen LogP contribution in [0.1, 0.15) is 19.5 Å². The van der Waals surface area contributed by atoms with Crippen LogP contribution in [0.15, 0.2) is 22.8 Å². The van der Waals surface area contributed by atoms with Crippen molar-refractivity contribution in [1.82, 2.24) is 4.98 Å². The highest BCUT2D eigenvalue weighted by Crippen LogP contribution is 2.19. The second-order valence-corrected chi connectivity index (χ2v) is 4.12. The molecule has 2 nitrogen and oxygen atoms in total. The van der Waals surface area contributed by atoms with Crippen LogP contribution in [0.5, 0.6) is 0 Å². The monoisotopic (exact) mass is 227 g/mol. The summed E-state index contributed by atoms with van der Waals surface area (Å²) in [5, 5.41) is 0. The van der Waals surface area contributed by atoms with E-state index in [1.54, 1.807) is 6.20 Å². The SMILES string of the molecule is CC(C)(C=O)c1ccc(Br)cn1. The summed E-state index contributed by atoms with van der Waals surface area (Å²) in [6.45, 7) is 3.69. The standard InChI is InChI=1S/C9H10BrNO/c1-9(2,6-12)8-4-3-7(10)5-11-8/h3-6H,1-2H3. The third-order valence-corrected chi connectivity index (χ3v) is 2.15. The molecule has 0 N–H and O–H groups in total. The van der Waals surface area contributed by atoms with Crippen LogP contribution in [0, 0.1) is 0 Å². The first-order valence-corrected chi connectivity index (χ1v) is 4.44. The lowest BCUT2D eigenvalue weighted by atomic mass is 9.91. The third kappa shape index (κ3) is 1.91. The van der Waals surface area contributed by atoms with Crippen LogP contribution in [-0.2, 0) is 10.2 Å². The number of rotatable bonds is 2. The van der Waals surface area contributed by atoms with Crippen LogP contribution in [0.4, 0.5) is 0 Å². The van der Waals surface area contributed by atoms with Gasteiger partial charge >= 0.3 is 0 Å². The number of hydrogen-bond acceptors (Lipinski definition) is 2. The predicted octanol–water partition coefficient (Wildman–Crippen LogP) is 2.32. The molecule has 0 amide bonds. The smallest absolute Gasteiger partial charge is 0.131 e. The van der Waals surface area contributed by atoms with Crippen molar-refractivity contribution in [3.63, 3.8) is 0 Å². The Labute approximate surface area is 80.1 Å². The van der Waals surface area contributed by atoms with Gasteiger partial charge in [0.25, 0.3) is 0 Å². The van der Waals surface area contributed by atoms with Crippen molar-refractivity contribution in [2.45, 2.75) is 19.3 Å². The fourth-order valence-electron chi connectivity index (χ4n) is 0.817. The molecule has 0 aliphatic carbocycles. The van der Waals surface area contributed by atoms with Crippen LogP contribution in [0.3, 0.4) is 0 Å². The predicted molar refractivity (Wildman–Crippen MR) is 51.0 cm³/mol. The molecular weight excluding hydrogens is 218 g/mol. The number of pyridine rings is 1. The first-order chi connectivity index (χ1) is 5.56. The van der Waals surface area contributed by atoms with E-state index in [1.807, 2.05) is 26.0 Å². The van der Waals surface area contributed by atoms with Gasteiger partial charge in [0, 0.05) is 10.7 Å². The minimum absolute atomic E-state index is 0.485. The van der Waals surface area contributed by atoms with Gasteiger partial charge in [0.15, 0.2) is 0 Å². The maximum atomic E-state index is 10.7. The summed E-state index contributed by atoms with van der Waals surface area (Å²) in [4.78, 5) is 14.8. The lowest BCUT2D eigenvalue weighted by molar-refractivity contribution is -0.111. The second kappa shape index (κ2) is 3.35. The van der Waals surface area contributed by atoms with Crippen molar-refractivity contribution >= 4 is 22.2 Å². The molecule has 0 bridgehead atoms. The average molecular weight is 228 g/mol. The number of aromatic nitrogens is 1. The zero-order valence-corrected chi connectivity index (χ0v) is 8.63. The van der Waals surface area contributed by atoms with Gasteiger partial charge in [0.05, 0.1) is 11.1 Å². The molecule has 0 aliphatic rings. The van der Waals surface area contributed by atoms with E-state index in [-0.39, 0.29) is 0 Å². The minimum atomic E-state index is -0.485.